The SMILES string of the molecule is CCOC(=O)N1CCN([C@H]2CCCN(Cc3ccc(C(=O)OC)cc3)C2)CC1. The van der Waals surface area contributed by atoms with Gasteiger partial charge in [0.25, 0.3) is 0 Å². The highest BCUT2D eigenvalue weighted by atomic mass is 16.6. The van der Waals surface area contributed by atoms with Gasteiger partial charge in [0.15, 0.2) is 0 Å². The zero-order valence-corrected chi connectivity index (χ0v) is 16.9. The van der Waals surface area contributed by atoms with Crippen LogP contribution in [-0.2, 0) is 16.0 Å². The summed E-state index contributed by atoms with van der Waals surface area (Å²) in [4.78, 5) is 30.2. The summed E-state index contributed by atoms with van der Waals surface area (Å²) in [5.41, 5.74) is 1.79. The van der Waals surface area contributed by atoms with Crippen LogP contribution in [0.3, 0.4) is 0 Å². The van der Waals surface area contributed by atoms with Gasteiger partial charge in [-0.1, -0.05) is 12.1 Å². The van der Waals surface area contributed by atoms with Crippen LogP contribution in [-0.4, -0.2) is 85.8 Å². The molecule has 2 heterocycles. The van der Waals surface area contributed by atoms with Crippen molar-refractivity contribution in [1.82, 2.24) is 14.7 Å². The largest absolute Gasteiger partial charge is 0.465 e. The molecule has 1 aromatic rings. The second kappa shape index (κ2) is 9.89. The first-order valence-corrected chi connectivity index (χ1v) is 10.2. The van der Waals surface area contributed by atoms with E-state index in [-0.39, 0.29) is 12.1 Å². The number of piperazine rings is 1. The fraction of sp³-hybridized carbons (Fsp3) is 0.619. The average molecular weight is 389 g/mol. The summed E-state index contributed by atoms with van der Waals surface area (Å²) in [6.07, 6.45) is 2.20. The monoisotopic (exact) mass is 389 g/mol. The van der Waals surface area contributed by atoms with Crippen molar-refractivity contribution in [2.75, 3.05) is 53.0 Å². The van der Waals surface area contributed by atoms with E-state index in [4.69, 9.17) is 9.47 Å². The van der Waals surface area contributed by atoms with Gasteiger partial charge in [-0.05, 0) is 44.0 Å². The summed E-state index contributed by atoms with van der Waals surface area (Å²) < 4.78 is 9.86. The van der Waals surface area contributed by atoms with Crippen molar-refractivity contribution in [3.8, 4) is 0 Å². The number of carbonyl (C=O) groups excluding carboxylic acids is 2. The summed E-state index contributed by atoms with van der Waals surface area (Å²) in [5.74, 6) is -0.299. The third-order valence-corrected chi connectivity index (χ3v) is 5.62. The van der Waals surface area contributed by atoms with Crippen molar-refractivity contribution in [2.45, 2.75) is 32.4 Å². The Balaban J connectivity index is 1.49. The number of benzene rings is 1. The number of rotatable bonds is 5. The van der Waals surface area contributed by atoms with Gasteiger partial charge in [-0.3, -0.25) is 9.80 Å². The van der Waals surface area contributed by atoms with Crippen molar-refractivity contribution < 1.29 is 19.1 Å². The lowest BCUT2D eigenvalue weighted by molar-refractivity contribution is 0.0412. The Labute approximate surface area is 167 Å². The molecule has 1 atom stereocenters. The van der Waals surface area contributed by atoms with E-state index < -0.39 is 0 Å². The Kier molecular flexibility index (Phi) is 7.28. The molecule has 0 saturated carbocycles. The lowest BCUT2D eigenvalue weighted by Crippen LogP contribution is -2.55. The Bertz CT molecular complexity index is 656. The molecule has 0 radical (unpaired) electrons. The number of esters is 1. The number of likely N-dealkylation sites (tertiary alicyclic amines) is 1. The van der Waals surface area contributed by atoms with Crippen LogP contribution in [0.1, 0.15) is 35.7 Å². The molecule has 1 aromatic carbocycles. The lowest BCUT2D eigenvalue weighted by atomic mass is 10.0. The van der Waals surface area contributed by atoms with Gasteiger partial charge in [0.1, 0.15) is 0 Å². The van der Waals surface area contributed by atoms with Crippen LogP contribution >= 0.6 is 0 Å². The molecule has 154 valence electrons. The Morgan fingerprint density at radius 3 is 2.43 bits per heavy atom. The van der Waals surface area contributed by atoms with E-state index in [2.05, 4.69) is 9.80 Å². The molecule has 2 aliphatic rings. The summed E-state index contributed by atoms with van der Waals surface area (Å²) >= 11 is 0. The quantitative estimate of drug-likeness (QED) is 0.720. The molecule has 28 heavy (non-hydrogen) atoms. The maximum Gasteiger partial charge on any atom is 0.409 e. The molecule has 1 amide bonds. The summed E-state index contributed by atoms with van der Waals surface area (Å²) in [7, 11) is 1.40. The summed E-state index contributed by atoms with van der Waals surface area (Å²) in [5, 5.41) is 0. The molecule has 0 N–H and O–H groups in total. The van der Waals surface area contributed by atoms with Crippen molar-refractivity contribution in [2.24, 2.45) is 0 Å². The summed E-state index contributed by atoms with van der Waals surface area (Å²) in [6, 6.07) is 8.21. The van der Waals surface area contributed by atoms with Crippen LogP contribution < -0.4 is 0 Å². The molecule has 2 saturated heterocycles. The van der Waals surface area contributed by atoms with Crippen LogP contribution in [0.25, 0.3) is 0 Å². The van der Waals surface area contributed by atoms with Gasteiger partial charge < -0.3 is 14.4 Å². The molecular formula is C21H31N3O4. The second-order valence-corrected chi connectivity index (χ2v) is 7.44. The first-order chi connectivity index (χ1) is 13.6. The standard InChI is InChI=1S/C21H31N3O4/c1-3-28-21(26)24-13-11-23(12-14-24)19-5-4-10-22(16-19)15-17-6-8-18(9-7-17)20(25)27-2/h6-9,19H,3-5,10-16H2,1-2H3/t19-/m0/s1. The second-order valence-electron chi connectivity index (χ2n) is 7.44. The van der Waals surface area contributed by atoms with Gasteiger partial charge in [-0.25, -0.2) is 9.59 Å². The zero-order chi connectivity index (χ0) is 19.9. The highest BCUT2D eigenvalue weighted by molar-refractivity contribution is 5.89. The van der Waals surface area contributed by atoms with Gasteiger partial charge in [0, 0.05) is 45.3 Å². The molecule has 7 nitrogen and oxygen atoms in total. The van der Waals surface area contributed by atoms with Gasteiger partial charge in [0.2, 0.25) is 0 Å². The van der Waals surface area contributed by atoms with E-state index >= 15 is 0 Å². The number of methoxy groups -OCH3 is 1. The highest BCUT2D eigenvalue weighted by Crippen LogP contribution is 2.20. The normalized spacial score (nSPS) is 21.4. The number of carbonyl (C=O) groups is 2. The van der Waals surface area contributed by atoms with E-state index in [0.29, 0.717) is 18.2 Å². The molecule has 0 aromatic heterocycles. The molecule has 7 heteroatoms. The maximum atomic E-state index is 11.9. The number of hydrogen-bond donors (Lipinski definition) is 0. The molecule has 0 unspecified atom stereocenters. The minimum absolute atomic E-state index is 0.192. The Morgan fingerprint density at radius 2 is 1.79 bits per heavy atom. The fourth-order valence-electron chi connectivity index (χ4n) is 4.08. The van der Waals surface area contributed by atoms with Gasteiger partial charge >= 0.3 is 12.1 Å². The van der Waals surface area contributed by atoms with Crippen LogP contribution in [0.2, 0.25) is 0 Å². The molecule has 2 aliphatic heterocycles. The molecule has 3 rings (SSSR count). The predicted octanol–water partition coefficient (Wildman–Crippen LogP) is 2.21. The first kappa shape index (κ1) is 20.6. The first-order valence-electron chi connectivity index (χ1n) is 10.2. The number of hydrogen-bond acceptors (Lipinski definition) is 6. The van der Waals surface area contributed by atoms with Crippen LogP contribution in [0.5, 0.6) is 0 Å². The van der Waals surface area contributed by atoms with E-state index in [1.165, 1.54) is 25.5 Å². The maximum absolute atomic E-state index is 11.9. The van der Waals surface area contributed by atoms with Crippen molar-refractivity contribution in [3.63, 3.8) is 0 Å². The van der Waals surface area contributed by atoms with Gasteiger partial charge in [-0.15, -0.1) is 0 Å². The van der Waals surface area contributed by atoms with E-state index in [1.807, 2.05) is 36.1 Å². The zero-order valence-electron chi connectivity index (χ0n) is 16.9. The van der Waals surface area contributed by atoms with Crippen LogP contribution in [0.15, 0.2) is 24.3 Å². The smallest absolute Gasteiger partial charge is 0.409 e. The van der Waals surface area contributed by atoms with Crippen molar-refractivity contribution in [1.29, 1.82) is 0 Å². The summed E-state index contributed by atoms with van der Waals surface area (Å²) in [6.45, 7) is 8.59. The van der Waals surface area contributed by atoms with Gasteiger partial charge in [-0.2, -0.15) is 0 Å². The third kappa shape index (κ3) is 5.23. The molecule has 2 fully saturated rings. The van der Waals surface area contributed by atoms with Crippen LogP contribution in [0, 0.1) is 0 Å². The fourth-order valence-corrected chi connectivity index (χ4v) is 4.08. The predicted molar refractivity (Wildman–Crippen MR) is 106 cm³/mol. The number of piperidine rings is 1. The minimum atomic E-state index is -0.299. The van der Waals surface area contributed by atoms with Gasteiger partial charge in [0.05, 0.1) is 19.3 Å². The van der Waals surface area contributed by atoms with Crippen LogP contribution in [0.4, 0.5) is 4.79 Å². The molecule has 0 bridgehead atoms. The number of amides is 1. The minimum Gasteiger partial charge on any atom is -0.465 e. The number of nitrogens with zero attached hydrogens (tertiary/aromatic N) is 3. The Hall–Kier alpha value is -2.12. The average Bonchev–Trinajstić information content (AvgIpc) is 2.74. The number of ether oxygens (including phenoxy) is 2. The highest BCUT2D eigenvalue weighted by Gasteiger charge is 2.29. The van der Waals surface area contributed by atoms with E-state index in [0.717, 1.165) is 45.8 Å². The lowest BCUT2D eigenvalue weighted by Gasteiger charge is -2.43. The molecule has 0 spiro atoms. The van der Waals surface area contributed by atoms with E-state index in [1.54, 1.807) is 0 Å². The third-order valence-electron chi connectivity index (χ3n) is 5.62. The van der Waals surface area contributed by atoms with E-state index in [9.17, 15) is 9.59 Å². The Morgan fingerprint density at radius 1 is 1.07 bits per heavy atom. The van der Waals surface area contributed by atoms with Crippen molar-refractivity contribution >= 4 is 12.1 Å². The molecule has 0 aliphatic carbocycles. The molecular weight excluding hydrogens is 358 g/mol. The van der Waals surface area contributed by atoms with Crippen molar-refractivity contribution in [3.05, 3.63) is 35.4 Å². The topological polar surface area (TPSA) is 62.3 Å².